The van der Waals surface area contributed by atoms with Crippen LogP contribution in [-0.4, -0.2) is 43.4 Å². The standard InChI is InChI=1S/C21H26N6O3S/c1-24-18-16(19(29)25(2)21(24)30)27(12-13-31-15-6-4-3-5-7-15)20(23-18)26-10-8-14(9-11-26)17(22)28/h3-7,14H,8-13H2,1-2H3,(H2,22,28). The molecule has 0 atom stereocenters. The predicted molar refractivity (Wildman–Crippen MR) is 122 cm³/mol. The van der Waals surface area contributed by atoms with Crippen LogP contribution in [0.15, 0.2) is 44.8 Å². The van der Waals surface area contributed by atoms with Gasteiger partial charge in [0.1, 0.15) is 0 Å². The highest BCUT2D eigenvalue weighted by Crippen LogP contribution is 2.26. The van der Waals surface area contributed by atoms with Crippen molar-refractivity contribution in [2.75, 3.05) is 23.7 Å². The monoisotopic (exact) mass is 442 g/mol. The molecule has 10 heteroatoms. The van der Waals surface area contributed by atoms with E-state index in [1.807, 2.05) is 22.8 Å². The lowest BCUT2D eigenvalue weighted by Crippen LogP contribution is -2.40. The molecule has 0 radical (unpaired) electrons. The largest absolute Gasteiger partial charge is 0.369 e. The lowest BCUT2D eigenvalue weighted by molar-refractivity contribution is -0.122. The molecule has 0 saturated carbocycles. The molecule has 1 saturated heterocycles. The Morgan fingerprint density at radius 3 is 2.45 bits per heavy atom. The smallest absolute Gasteiger partial charge is 0.332 e. The van der Waals surface area contributed by atoms with Gasteiger partial charge in [-0.15, -0.1) is 11.8 Å². The summed E-state index contributed by atoms with van der Waals surface area (Å²) in [4.78, 5) is 44.9. The van der Waals surface area contributed by atoms with Gasteiger partial charge in [-0.2, -0.15) is 4.98 Å². The zero-order chi connectivity index (χ0) is 22.1. The summed E-state index contributed by atoms with van der Waals surface area (Å²) >= 11 is 1.70. The topological polar surface area (TPSA) is 108 Å². The van der Waals surface area contributed by atoms with Crippen LogP contribution >= 0.6 is 11.8 Å². The van der Waals surface area contributed by atoms with Crippen molar-refractivity contribution in [1.29, 1.82) is 0 Å². The number of nitrogens with two attached hydrogens (primary N) is 1. The fourth-order valence-corrected chi connectivity index (χ4v) is 4.88. The molecule has 2 N–H and O–H groups in total. The molecule has 1 fully saturated rings. The SMILES string of the molecule is Cn1c(=O)c2c(nc(N3CCC(C(N)=O)CC3)n2CCSc2ccccc2)n(C)c1=O. The van der Waals surface area contributed by atoms with Crippen molar-refractivity contribution in [1.82, 2.24) is 18.7 Å². The number of rotatable bonds is 6. The molecule has 1 aromatic carbocycles. The third kappa shape index (κ3) is 3.99. The number of carbonyl (C=O) groups excluding carboxylic acids is 1. The van der Waals surface area contributed by atoms with Crippen LogP contribution in [0, 0.1) is 5.92 Å². The number of aromatic nitrogens is 4. The van der Waals surface area contributed by atoms with E-state index in [2.05, 4.69) is 17.0 Å². The molecule has 0 aliphatic carbocycles. The first kappa shape index (κ1) is 21.2. The van der Waals surface area contributed by atoms with Crippen LogP contribution in [0.5, 0.6) is 0 Å². The molecule has 0 bridgehead atoms. The maximum atomic E-state index is 13.0. The first-order chi connectivity index (χ1) is 14.9. The molecule has 31 heavy (non-hydrogen) atoms. The first-order valence-corrected chi connectivity index (χ1v) is 11.3. The number of fused-ring (bicyclic) bond motifs is 1. The second-order valence-corrected chi connectivity index (χ2v) is 8.93. The maximum Gasteiger partial charge on any atom is 0.332 e. The van der Waals surface area contributed by atoms with Crippen LogP contribution in [-0.2, 0) is 25.4 Å². The summed E-state index contributed by atoms with van der Waals surface area (Å²) in [6.45, 7) is 1.81. The van der Waals surface area contributed by atoms with Crippen LogP contribution < -0.4 is 21.9 Å². The fraction of sp³-hybridized carbons (Fsp3) is 0.429. The highest BCUT2D eigenvalue weighted by Gasteiger charge is 2.28. The Labute approximate surface area is 183 Å². The Hall–Kier alpha value is -3.01. The Kier molecular flexibility index (Phi) is 5.90. The van der Waals surface area contributed by atoms with Gasteiger partial charge in [-0.1, -0.05) is 18.2 Å². The van der Waals surface area contributed by atoms with Gasteiger partial charge >= 0.3 is 5.69 Å². The van der Waals surface area contributed by atoms with Crippen LogP contribution in [0.25, 0.3) is 11.2 Å². The van der Waals surface area contributed by atoms with Gasteiger partial charge in [0.15, 0.2) is 11.2 Å². The molecular weight excluding hydrogens is 416 g/mol. The van der Waals surface area contributed by atoms with Crippen molar-refractivity contribution < 1.29 is 4.79 Å². The summed E-state index contributed by atoms with van der Waals surface area (Å²) in [7, 11) is 3.11. The van der Waals surface area contributed by atoms with Crippen molar-refractivity contribution in [3.63, 3.8) is 0 Å². The summed E-state index contributed by atoms with van der Waals surface area (Å²) in [5.41, 5.74) is 5.52. The number of hydrogen-bond donors (Lipinski definition) is 1. The van der Waals surface area contributed by atoms with Crippen LogP contribution in [0.4, 0.5) is 5.95 Å². The fourth-order valence-electron chi connectivity index (χ4n) is 4.02. The predicted octanol–water partition coefficient (Wildman–Crippen LogP) is 0.928. The number of anilines is 1. The van der Waals surface area contributed by atoms with E-state index in [-0.39, 0.29) is 17.4 Å². The van der Waals surface area contributed by atoms with Gasteiger partial charge in [0.2, 0.25) is 11.9 Å². The van der Waals surface area contributed by atoms with E-state index >= 15 is 0 Å². The maximum absolute atomic E-state index is 13.0. The van der Waals surface area contributed by atoms with E-state index in [1.165, 1.54) is 11.6 Å². The minimum atomic E-state index is -0.403. The molecule has 2 aromatic heterocycles. The van der Waals surface area contributed by atoms with E-state index in [9.17, 15) is 14.4 Å². The van der Waals surface area contributed by atoms with Crippen molar-refractivity contribution in [2.45, 2.75) is 24.3 Å². The molecular formula is C21H26N6O3S. The van der Waals surface area contributed by atoms with Crippen molar-refractivity contribution >= 4 is 34.8 Å². The number of imidazole rings is 1. The molecule has 1 aliphatic rings. The molecule has 1 amide bonds. The van der Waals surface area contributed by atoms with E-state index < -0.39 is 5.69 Å². The summed E-state index contributed by atoms with van der Waals surface area (Å²) in [6.07, 6.45) is 1.29. The molecule has 9 nitrogen and oxygen atoms in total. The summed E-state index contributed by atoms with van der Waals surface area (Å²) in [5, 5.41) is 0. The number of thioether (sulfide) groups is 1. The highest BCUT2D eigenvalue weighted by atomic mass is 32.2. The third-order valence-electron chi connectivity index (χ3n) is 5.83. The van der Waals surface area contributed by atoms with Crippen molar-refractivity contribution in [3.8, 4) is 0 Å². The average Bonchev–Trinajstić information content (AvgIpc) is 3.16. The van der Waals surface area contributed by atoms with Crippen molar-refractivity contribution in [2.24, 2.45) is 25.7 Å². The number of carbonyl (C=O) groups is 1. The Morgan fingerprint density at radius 1 is 1.13 bits per heavy atom. The molecule has 1 aliphatic heterocycles. The second-order valence-electron chi connectivity index (χ2n) is 7.77. The second kappa shape index (κ2) is 8.62. The van der Waals surface area contributed by atoms with E-state index in [0.29, 0.717) is 49.6 Å². The average molecular weight is 443 g/mol. The number of aryl methyl sites for hydroxylation is 2. The highest BCUT2D eigenvalue weighted by molar-refractivity contribution is 7.99. The van der Waals surface area contributed by atoms with E-state index in [4.69, 9.17) is 10.7 Å². The van der Waals surface area contributed by atoms with Gasteiger partial charge in [0, 0.05) is 50.3 Å². The van der Waals surface area contributed by atoms with Gasteiger partial charge in [-0.3, -0.25) is 18.7 Å². The number of benzene rings is 1. The molecule has 164 valence electrons. The molecule has 0 spiro atoms. The van der Waals surface area contributed by atoms with Crippen LogP contribution in [0.2, 0.25) is 0 Å². The van der Waals surface area contributed by atoms with Gasteiger partial charge in [-0.05, 0) is 25.0 Å². The number of nitrogens with zero attached hydrogens (tertiary/aromatic N) is 5. The van der Waals surface area contributed by atoms with Gasteiger partial charge < -0.3 is 15.2 Å². The van der Waals surface area contributed by atoms with Crippen LogP contribution in [0.1, 0.15) is 12.8 Å². The number of primary amides is 1. The number of amides is 1. The zero-order valence-corrected chi connectivity index (χ0v) is 18.5. The van der Waals surface area contributed by atoms with Gasteiger partial charge in [0.25, 0.3) is 5.56 Å². The molecule has 3 aromatic rings. The quantitative estimate of drug-likeness (QED) is 0.569. The summed E-state index contributed by atoms with van der Waals surface area (Å²) < 4.78 is 4.45. The molecule has 0 unspecified atom stereocenters. The summed E-state index contributed by atoms with van der Waals surface area (Å²) in [5.74, 6) is 0.986. The van der Waals surface area contributed by atoms with E-state index in [0.717, 1.165) is 15.2 Å². The lowest BCUT2D eigenvalue weighted by atomic mass is 9.96. The first-order valence-electron chi connectivity index (χ1n) is 10.3. The number of hydrogen-bond acceptors (Lipinski definition) is 6. The van der Waals surface area contributed by atoms with Gasteiger partial charge in [0.05, 0.1) is 0 Å². The van der Waals surface area contributed by atoms with Crippen molar-refractivity contribution in [3.05, 3.63) is 51.2 Å². The summed E-state index contributed by atoms with van der Waals surface area (Å²) in [6, 6.07) is 10.1. The van der Waals surface area contributed by atoms with Gasteiger partial charge in [-0.25, -0.2) is 4.79 Å². The Bertz CT molecular complexity index is 1220. The number of piperidine rings is 1. The molecule has 3 heterocycles. The minimum Gasteiger partial charge on any atom is -0.369 e. The Morgan fingerprint density at radius 2 is 1.81 bits per heavy atom. The molecule has 4 rings (SSSR count). The van der Waals surface area contributed by atoms with E-state index in [1.54, 1.807) is 18.8 Å². The minimum absolute atomic E-state index is 0.139. The van der Waals surface area contributed by atoms with Crippen LogP contribution in [0.3, 0.4) is 0 Å². The lowest BCUT2D eigenvalue weighted by Gasteiger charge is -2.31. The normalized spacial score (nSPS) is 15.0. The zero-order valence-electron chi connectivity index (χ0n) is 17.7. The Balaban J connectivity index is 1.72. The third-order valence-corrected chi connectivity index (χ3v) is 6.83.